The van der Waals surface area contributed by atoms with E-state index in [4.69, 9.17) is 14.8 Å². The van der Waals surface area contributed by atoms with E-state index in [1.54, 1.807) is 22.9 Å². The van der Waals surface area contributed by atoms with Crippen LogP contribution in [-0.4, -0.2) is 33.1 Å². The van der Waals surface area contributed by atoms with E-state index in [1.165, 1.54) is 10.4 Å². The Morgan fingerprint density at radius 1 is 1.06 bits per heavy atom. The minimum Gasteiger partial charge on any atom is -0.466 e. The molecule has 0 saturated heterocycles. The fraction of sp³-hybridized carbons (Fsp3) is 0.333. The first-order valence-corrected chi connectivity index (χ1v) is 12.4. The minimum absolute atomic E-state index is 0.0408. The molecule has 0 amide bonds. The van der Waals surface area contributed by atoms with Crippen LogP contribution in [0.15, 0.2) is 42.5 Å². The molecule has 0 N–H and O–H groups in total. The number of benzene rings is 2. The van der Waals surface area contributed by atoms with E-state index in [0.29, 0.717) is 12.3 Å². The molecule has 0 fully saturated rings. The third kappa shape index (κ3) is 4.80. The summed E-state index contributed by atoms with van der Waals surface area (Å²) in [5.74, 6) is -0.265. The van der Waals surface area contributed by atoms with E-state index in [1.807, 2.05) is 31.2 Å². The first-order chi connectivity index (χ1) is 16.3. The lowest BCUT2D eigenvalue weighted by Gasteiger charge is -2.05. The highest BCUT2D eigenvalue weighted by Gasteiger charge is 2.23. The van der Waals surface area contributed by atoms with Crippen LogP contribution in [0.25, 0.3) is 27.3 Å². The number of ketones is 1. The molecular weight excluding hydrogens is 446 g/mol. The molecule has 7 heteroatoms. The third-order valence-electron chi connectivity index (χ3n) is 5.60. The number of Topliss-reactive ketones (excluding diaryl/α,β-unsaturated/α-hetero) is 1. The Hall–Kier alpha value is -3.32. The summed E-state index contributed by atoms with van der Waals surface area (Å²) in [7, 11) is 0. The molecule has 0 aliphatic carbocycles. The number of ether oxygens (including phenoxy) is 1. The minimum atomic E-state index is -0.375. The van der Waals surface area contributed by atoms with E-state index in [-0.39, 0.29) is 30.5 Å². The topological polar surface area (TPSA) is 74.1 Å². The zero-order valence-electron chi connectivity index (χ0n) is 20.2. The summed E-state index contributed by atoms with van der Waals surface area (Å²) in [4.78, 5) is 31.0. The molecule has 2 aromatic carbocycles. The SMILES string of the molecule is CCOC(=O)CCC(=O)c1nn(-c2nc(-c3cccc(C)c3)c(C(C)C)s2)c2ccc(C)cc12. The third-order valence-corrected chi connectivity index (χ3v) is 6.93. The number of fused-ring (bicyclic) bond motifs is 1. The lowest BCUT2D eigenvalue weighted by atomic mass is 10.0. The Morgan fingerprint density at radius 3 is 2.53 bits per heavy atom. The Balaban J connectivity index is 1.80. The van der Waals surface area contributed by atoms with Gasteiger partial charge in [0, 0.05) is 22.2 Å². The van der Waals surface area contributed by atoms with E-state index < -0.39 is 0 Å². The smallest absolute Gasteiger partial charge is 0.306 e. The van der Waals surface area contributed by atoms with Crippen molar-refractivity contribution >= 4 is 34.0 Å². The van der Waals surface area contributed by atoms with Gasteiger partial charge in [-0.3, -0.25) is 9.59 Å². The molecule has 0 spiro atoms. The van der Waals surface area contributed by atoms with Crippen molar-refractivity contribution < 1.29 is 14.3 Å². The molecule has 4 aromatic rings. The van der Waals surface area contributed by atoms with Crippen molar-refractivity contribution in [2.24, 2.45) is 0 Å². The summed E-state index contributed by atoms with van der Waals surface area (Å²) in [5.41, 5.74) is 5.42. The number of nitrogens with zero attached hydrogens (tertiary/aromatic N) is 3. The summed E-state index contributed by atoms with van der Waals surface area (Å²) < 4.78 is 6.74. The average Bonchev–Trinajstić information content (AvgIpc) is 3.40. The first-order valence-electron chi connectivity index (χ1n) is 11.5. The zero-order valence-corrected chi connectivity index (χ0v) is 21.0. The maximum absolute atomic E-state index is 13.1. The molecule has 0 radical (unpaired) electrons. The van der Waals surface area contributed by atoms with E-state index >= 15 is 0 Å². The predicted molar refractivity (Wildman–Crippen MR) is 136 cm³/mol. The van der Waals surface area contributed by atoms with Crippen LogP contribution in [-0.2, 0) is 9.53 Å². The van der Waals surface area contributed by atoms with Crippen molar-refractivity contribution in [3.05, 3.63) is 64.2 Å². The van der Waals surface area contributed by atoms with Gasteiger partial charge in [-0.15, -0.1) is 0 Å². The summed E-state index contributed by atoms with van der Waals surface area (Å²) in [6.45, 7) is 10.4. The Bertz CT molecular complexity index is 1370. The van der Waals surface area contributed by atoms with Crippen LogP contribution in [0.4, 0.5) is 0 Å². The van der Waals surface area contributed by atoms with Gasteiger partial charge >= 0.3 is 5.97 Å². The number of thiazole rings is 1. The molecule has 0 aliphatic heterocycles. The number of rotatable bonds is 8. The number of aromatic nitrogens is 3. The molecule has 0 bridgehead atoms. The van der Waals surface area contributed by atoms with Crippen molar-refractivity contribution in [2.45, 2.75) is 53.4 Å². The molecule has 0 aliphatic rings. The van der Waals surface area contributed by atoms with Gasteiger partial charge in [-0.25, -0.2) is 9.67 Å². The second-order valence-electron chi connectivity index (χ2n) is 8.74. The van der Waals surface area contributed by atoms with Crippen LogP contribution < -0.4 is 0 Å². The summed E-state index contributed by atoms with van der Waals surface area (Å²) in [6.07, 6.45) is 0.0989. The highest BCUT2D eigenvalue weighted by molar-refractivity contribution is 7.14. The van der Waals surface area contributed by atoms with Gasteiger partial charge in [0.25, 0.3) is 0 Å². The van der Waals surface area contributed by atoms with Crippen LogP contribution in [0.5, 0.6) is 0 Å². The fourth-order valence-electron chi connectivity index (χ4n) is 3.95. The summed E-state index contributed by atoms with van der Waals surface area (Å²) >= 11 is 1.59. The number of hydrogen-bond donors (Lipinski definition) is 0. The maximum Gasteiger partial charge on any atom is 0.306 e. The number of esters is 1. The first kappa shape index (κ1) is 23.8. The quantitative estimate of drug-likeness (QED) is 0.217. The zero-order chi connectivity index (χ0) is 24.4. The monoisotopic (exact) mass is 475 g/mol. The molecule has 34 heavy (non-hydrogen) atoms. The van der Waals surface area contributed by atoms with Crippen LogP contribution >= 0.6 is 11.3 Å². The van der Waals surface area contributed by atoms with Gasteiger partial charge in [0.05, 0.1) is 24.2 Å². The van der Waals surface area contributed by atoms with Gasteiger partial charge in [-0.1, -0.05) is 60.6 Å². The highest BCUT2D eigenvalue weighted by atomic mass is 32.1. The molecule has 4 rings (SSSR count). The van der Waals surface area contributed by atoms with Crippen molar-refractivity contribution in [1.82, 2.24) is 14.8 Å². The maximum atomic E-state index is 13.1. The fourth-order valence-corrected chi connectivity index (χ4v) is 5.01. The number of aryl methyl sites for hydroxylation is 2. The van der Waals surface area contributed by atoms with Gasteiger partial charge in [-0.2, -0.15) is 5.10 Å². The van der Waals surface area contributed by atoms with E-state index in [0.717, 1.165) is 32.9 Å². The summed E-state index contributed by atoms with van der Waals surface area (Å²) in [6, 6.07) is 14.3. The second-order valence-corrected chi connectivity index (χ2v) is 9.75. The van der Waals surface area contributed by atoms with Crippen molar-refractivity contribution in [1.29, 1.82) is 0 Å². The molecule has 0 unspecified atom stereocenters. The molecule has 2 heterocycles. The summed E-state index contributed by atoms with van der Waals surface area (Å²) in [5, 5.41) is 6.20. The van der Waals surface area contributed by atoms with Gasteiger partial charge in [0.2, 0.25) is 5.13 Å². The second kappa shape index (κ2) is 9.89. The van der Waals surface area contributed by atoms with Gasteiger partial charge in [0.15, 0.2) is 5.78 Å². The van der Waals surface area contributed by atoms with Crippen molar-refractivity contribution in [3.63, 3.8) is 0 Å². The van der Waals surface area contributed by atoms with Crippen LogP contribution in [0.1, 0.15) is 66.0 Å². The predicted octanol–water partition coefficient (Wildman–Crippen LogP) is 6.42. The van der Waals surface area contributed by atoms with Crippen LogP contribution in [0.2, 0.25) is 0 Å². The van der Waals surface area contributed by atoms with E-state index in [2.05, 4.69) is 39.0 Å². The Labute approximate surface area is 203 Å². The van der Waals surface area contributed by atoms with Crippen molar-refractivity contribution in [2.75, 3.05) is 6.61 Å². The van der Waals surface area contributed by atoms with Crippen LogP contribution in [0.3, 0.4) is 0 Å². The number of carbonyl (C=O) groups is 2. The Kier molecular flexibility index (Phi) is 6.93. The van der Waals surface area contributed by atoms with Gasteiger partial charge < -0.3 is 4.74 Å². The molecule has 6 nitrogen and oxygen atoms in total. The molecule has 0 atom stereocenters. The molecule has 176 valence electrons. The van der Waals surface area contributed by atoms with E-state index in [9.17, 15) is 9.59 Å². The molecule has 2 aromatic heterocycles. The standard InChI is InChI=1S/C27H29N3O3S/c1-6-33-23(32)13-12-22(31)25-20-15-18(5)10-11-21(20)30(29-25)27-28-24(26(34-27)16(2)3)19-9-7-8-17(4)14-19/h7-11,14-16H,6,12-13H2,1-5H3. The van der Waals surface area contributed by atoms with Crippen LogP contribution in [0, 0.1) is 13.8 Å². The number of hydrogen-bond acceptors (Lipinski definition) is 6. The lowest BCUT2D eigenvalue weighted by molar-refractivity contribution is -0.143. The molecule has 0 saturated carbocycles. The largest absolute Gasteiger partial charge is 0.466 e. The van der Waals surface area contributed by atoms with Crippen molar-refractivity contribution in [3.8, 4) is 16.4 Å². The van der Waals surface area contributed by atoms with Gasteiger partial charge in [0.1, 0.15) is 5.69 Å². The Morgan fingerprint density at radius 2 is 1.82 bits per heavy atom. The lowest BCUT2D eigenvalue weighted by Crippen LogP contribution is -2.09. The normalized spacial score (nSPS) is 11.4. The number of carbonyl (C=O) groups excluding carboxylic acids is 2. The highest BCUT2D eigenvalue weighted by Crippen LogP contribution is 2.37. The van der Waals surface area contributed by atoms with Gasteiger partial charge in [-0.05, 0) is 44.9 Å². The molecular formula is C27H29N3O3S. The average molecular weight is 476 g/mol.